The number of alkyl halides is 3. The van der Waals surface area contributed by atoms with Crippen molar-refractivity contribution in [1.29, 1.82) is 0 Å². The van der Waals surface area contributed by atoms with Crippen LogP contribution >= 0.6 is 0 Å². The van der Waals surface area contributed by atoms with Gasteiger partial charge in [-0.15, -0.1) is 0 Å². The molecule has 1 amide bonds. The Morgan fingerprint density at radius 1 is 1.31 bits per heavy atom. The molecule has 0 radical (unpaired) electrons. The highest BCUT2D eigenvalue weighted by Crippen LogP contribution is 2.30. The van der Waals surface area contributed by atoms with Crippen molar-refractivity contribution in [2.75, 3.05) is 0 Å². The first-order valence-electron chi connectivity index (χ1n) is 3.10. The van der Waals surface area contributed by atoms with Gasteiger partial charge in [-0.05, 0) is 0 Å². The van der Waals surface area contributed by atoms with E-state index in [0.29, 0.717) is 12.4 Å². The molecule has 0 bridgehead atoms. The third-order valence-electron chi connectivity index (χ3n) is 1.30. The van der Waals surface area contributed by atoms with Crippen LogP contribution in [0.15, 0.2) is 12.4 Å². The van der Waals surface area contributed by atoms with Crippen molar-refractivity contribution < 1.29 is 18.0 Å². The Bertz CT molecular complexity index is 336. The summed E-state index contributed by atoms with van der Waals surface area (Å²) >= 11 is 0. The quantitative estimate of drug-likeness (QED) is 0.706. The largest absolute Gasteiger partial charge is 0.418 e. The van der Waals surface area contributed by atoms with E-state index < -0.39 is 23.2 Å². The number of carbonyl (C=O) groups excluding carboxylic acids is 1. The zero-order valence-electron chi connectivity index (χ0n) is 6.17. The number of nitrogens with zero attached hydrogens (tertiary/aromatic N) is 2. The van der Waals surface area contributed by atoms with Gasteiger partial charge in [0.05, 0.1) is 23.5 Å². The topological polar surface area (TPSA) is 68.9 Å². The summed E-state index contributed by atoms with van der Waals surface area (Å²) in [6.07, 6.45) is -3.49. The molecule has 4 nitrogen and oxygen atoms in total. The second-order valence-electron chi connectivity index (χ2n) is 2.18. The molecule has 2 N–H and O–H groups in total. The Morgan fingerprint density at radius 3 is 2.23 bits per heavy atom. The summed E-state index contributed by atoms with van der Waals surface area (Å²) in [7, 11) is 0. The first-order valence-corrected chi connectivity index (χ1v) is 3.10. The van der Waals surface area contributed by atoms with Gasteiger partial charge >= 0.3 is 6.18 Å². The predicted octanol–water partition coefficient (Wildman–Crippen LogP) is 0.594. The van der Waals surface area contributed by atoms with Gasteiger partial charge in [0.2, 0.25) is 0 Å². The first-order chi connectivity index (χ1) is 5.93. The van der Waals surface area contributed by atoms with Crippen LogP contribution < -0.4 is 5.73 Å². The van der Waals surface area contributed by atoms with Gasteiger partial charge in [-0.25, -0.2) is 0 Å². The Hall–Kier alpha value is -1.66. The molecule has 13 heavy (non-hydrogen) atoms. The molecule has 1 heterocycles. The second kappa shape index (κ2) is 3.00. The summed E-state index contributed by atoms with van der Waals surface area (Å²) in [4.78, 5) is 10.5. The van der Waals surface area contributed by atoms with Gasteiger partial charge in [-0.1, -0.05) is 0 Å². The van der Waals surface area contributed by atoms with E-state index in [0.717, 1.165) is 0 Å². The zero-order valence-corrected chi connectivity index (χ0v) is 6.17. The van der Waals surface area contributed by atoms with Crippen LogP contribution in [-0.2, 0) is 6.18 Å². The van der Waals surface area contributed by atoms with Crippen LogP contribution in [-0.4, -0.2) is 16.1 Å². The van der Waals surface area contributed by atoms with Crippen LogP contribution in [0.4, 0.5) is 13.2 Å². The van der Waals surface area contributed by atoms with E-state index in [2.05, 4.69) is 10.2 Å². The minimum Gasteiger partial charge on any atom is -0.366 e. The Morgan fingerprint density at radius 2 is 1.85 bits per heavy atom. The summed E-state index contributed by atoms with van der Waals surface area (Å²) in [6.45, 7) is 0. The number of rotatable bonds is 1. The molecule has 0 spiro atoms. The summed E-state index contributed by atoms with van der Waals surface area (Å²) in [5.41, 5.74) is 2.86. The number of halogens is 3. The van der Waals surface area contributed by atoms with Gasteiger partial charge in [0.1, 0.15) is 0 Å². The molecular weight excluding hydrogens is 187 g/mol. The fourth-order valence-corrected chi connectivity index (χ4v) is 0.743. The first kappa shape index (κ1) is 9.43. The van der Waals surface area contributed by atoms with Crippen molar-refractivity contribution in [2.24, 2.45) is 5.73 Å². The number of nitrogens with two attached hydrogens (primary N) is 1. The van der Waals surface area contributed by atoms with Crippen molar-refractivity contribution >= 4 is 5.91 Å². The molecule has 1 aromatic heterocycles. The van der Waals surface area contributed by atoms with Gasteiger partial charge in [0.15, 0.2) is 0 Å². The van der Waals surface area contributed by atoms with Gasteiger partial charge < -0.3 is 5.73 Å². The standard InChI is InChI=1S/C6H4F3N3O/c7-6(8,9)4-2-12-11-1-3(4)5(10)13/h1-2H,(H2,10,13). The summed E-state index contributed by atoms with van der Waals surface area (Å²) in [6, 6.07) is 0. The normalized spacial score (nSPS) is 11.3. The Labute approximate surface area is 70.6 Å². The van der Waals surface area contributed by atoms with Crippen LogP contribution in [0.25, 0.3) is 0 Å². The number of aromatic nitrogens is 2. The molecule has 1 rings (SSSR count). The minimum atomic E-state index is -4.64. The molecule has 0 atom stereocenters. The van der Waals surface area contributed by atoms with Crippen LogP contribution in [0.2, 0.25) is 0 Å². The SMILES string of the molecule is NC(=O)c1cnncc1C(F)(F)F. The number of hydrogen-bond acceptors (Lipinski definition) is 3. The van der Waals surface area contributed by atoms with E-state index in [-0.39, 0.29) is 0 Å². The highest BCUT2D eigenvalue weighted by molar-refractivity contribution is 5.94. The molecule has 0 aliphatic carbocycles. The van der Waals surface area contributed by atoms with E-state index in [1.165, 1.54) is 0 Å². The maximum Gasteiger partial charge on any atom is 0.418 e. The van der Waals surface area contributed by atoms with Crippen molar-refractivity contribution in [2.45, 2.75) is 6.18 Å². The van der Waals surface area contributed by atoms with Gasteiger partial charge in [-0.3, -0.25) is 4.79 Å². The molecular formula is C6H4F3N3O. The molecule has 7 heteroatoms. The molecule has 0 unspecified atom stereocenters. The maximum absolute atomic E-state index is 12.1. The molecule has 0 fully saturated rings. The van der Waals surface area contributed by atoms with Crippen molar-refractivity contribution in [3.63, 3.8) is 0 Å². The van der Waals surface area contributed by atoms with Gasteiger partial charge in [-0.2, -0.15) is 23.4 Å². The fraction of sp³-hybridized carbons (Fsp3) is 0.167. The molecule has 0 aliphatic heterocycles. The third kappa shape index (κ3) is 1.92. The van der Waals surface area contributed by atoms with E-state index in [9.17, 15) is 18.0 Å². The lowest BCUT2D eigenvalue weighted by Gasteiger charge is -2.07. The van der Waals surface area contributed by atoms with Crippen LogP contribution in [0, 0.1) is 0 Å². The highest BCUT2D eigenvalue weighted by Gasteiger charge is 2.35. The number of amides is 1. The maximum atomic E-state index is 12.1. The third-order valence-corrected chi connectivity index (χ3v) is 1.30. The average molecular weight is 191 g/mol. The van der Waals surface area contributed by atoms with Crippen LogP contribution in [0.5, 0.6) is 0 Å². The Kier molecular flexibility index (Phi) is 2.18. The summed E-state index contributed by atoms with van der Waals surface area (Å²) in [5, 5.41) is 6.15. The second-order valence-corrected chi connectivity index (χ2v) is 2.18. The van der Waals surface area contributed by atoms with E-state index in [1.807, 2.05) is 0 Å². The number of hydrogen-bond donors (Lipinski definition) is 1. The van der Waals surface area contributed by atoms with E-state index in [4.69, 9.17) is 5.73 Å². The average Bonchev–Trinajstić information content (AvgIpc) is 2.03. The molecule has 0 saturated heterocycles. The smallest absolute Gasteiger partial charge is 0.366 e. The molecule has 0 saturated carbocycles. The van der Waals surface area contributed by atoms with E-state index >= 15 is 0 Å². The van der Waals surface area contributed by atoms with Crippen molar-refractivity contribution in [3.05, 3.63) is 23.5 Å². The van der Waals surface area contributed by atoms with Gasteiger partial charge in [0, 0.05) is 0 Å². The Balaban J connectivity index is 3.28. The van der Waals surface area contributed by atoms with Crippen LogP contribution in [0.1, 0.15) is 15.9 Å². The predicted molar refractivity (Wildman–Crippen MR) is 35.6 cm³/mol. The monoisotopic (exact) mass is 191 g/mol. The minimum absolute atomic E-state index is 0.458. The molecule has 0 aliphatic rings. The lowest BCUT2D eigenvalue weighted by atomic mass is 10.1. The zero-order chi connectivity index (χ0) is 10.1. The summed E-state index contributed by atoms with van der Waals surface area (Å²) < 4.78 is 36.4. The fourth-order valence-electron chi connectivity index (χ4n) is 0.743. The molecule has 70 valence electrons. The van der Waals surface area contributed by atoms with Crippen molar-refractivity contribution in [3.8, 4) is 0 Å². The number of carbonyl (C=O) groups is 1. The van der Waals surface area contributed by atoms with Gasteiger partial charge in [0.25, 0.3) is 5.91 Å². The van der Waals surface area contributed by atoms with Crippen LogP contribution in [0.3, 0.4) is 0 Å². The lowest BCUT2D eigenvalue weighted by molar-refractivity contribution is -0.138. The lowest BCUT2D eigenvalue weighted by Crippen LogP contribution is -2.19. The number of primary amides is 1. The molecule has 1 aromatic rings. The highest BCUT2D eigenvalue weighted by atomic mass is 19.4. The molecule has 0 aromatic carbocycles. The van der Waals surface area contributed by atoms with E-state index in [1.54, 1.807) is 0 Å². The summed E-state index contributed by atoms with van der Waals surface area (Å²) in [5.74, 6) is -1.18. The van der Waals surface area contributed by atoms with Crippen molar-refractivity contribution in [1.82, 2.24) is 10.2 Å².